The van der Waals surface area contributed by atoms with Crippen molar-refractivity contribution in [1.82, 2.24) is 0 Å². The van der Waals surface area contributed by atoms with Gasteiger partial charge in [0.2, 0.25) is 0 Å². The summed E-state index contributed by atoms with van der Waals surface area (Å²) in [4.78, 5) is 68.9. The average Bonchev–Trinajstić information content (AvgIpc) is 3.37. The Kier molecular flexibility index (Phi) is 35.9. The number of carbonyl (C=O) groups is 6. The van der Waals surface area contributed by atoms with Gasteiger partial charge in [0.15, 0.2) is 0 Å². The predicted octanol–water partition coefficient (Wildman–Crippen LogP) is 13.2. The summed E-state index contributed by atoms with van der Waals surface area (Å²) in [5.41, 5.74) is 0.802. The highest BCUT2D eigenvalue weighted by Gasteiger charge is 2.35. The summed E-state index contributed by atoms with van der Waals surface area (Å²) in [6.45, 7) is 29.5. The zero-order valence-electron chi connectivity index (χ0n) is 46.3. The molecule has 3 aromatic rings. The molecule has 0 aliphatic heterocycles. The smallest absolute Gasteiger partial charge is 0.337 e. The van der Waals surface area contributed by atoms with Crippen LogP contribution in [0.25, 0.3) is 0 Å². The van der Waals surface area contributed by atoms with E-state index in [1.54, 1.807) is 13.8 Å². The lowest BCUT2D eigenvalue weighted by Crippen LogP contribution is -2.33. The largest absolute Gasteiger partial charge is 0.502 e. The van der Waals surface area contributed by atoms with Crippen molar-refractivity contribution in [3.63, 3.8) is 0 Å². The molecule has 0 bridgehead atoms. The summed E-state index contributed by atoms with van der Waals surface area (Å²) in [5, 5.41) is 17.9. The summed E-state index contributed by atoms with van der Waals surface area (Å²) in [7, 11) is 3.60. The molecule has 0 heterocycles. The minimum absolute atomic E-state index is 0. The first-order valence-corrected chi connectivity index (χ1v) is 24.6. The Morgan fingerprint density at radius 3 is 1.40 bits per heavy atom. The molecule has 0 aliphatic rings. The van der Waals surface area contributed by atoms with E-state index in [-0.39, 0.29) is 60.3 Å². The van der Waals surface area contributed by atoms with Crippen LogP contribution in [-0.4, -0.2) is 92.8 Å². The van der Waals surface area contributed by atoms with Gasteiger partial charge in [0, 0.05) is 0 Å². The van der Waals surface area contributed by atoms with Crippen LogP contribution in [0.15, 0.2) is 91.7 Å². The van der Waals surface area contributed by atoms with E-state index >= 15 is 0 Å². The molecule has 0 fully saturated rings. The van der Waals surface area contributed by atoms with E-state index in [0.717, 1.165) is 38.7 Å². The second-order valence-corrected chi connectivity index (χ2v) is 19.6. The maximum absolute atomic E-state index is 12.1. The number of hydrogen-bond acceptors (Lipinski definition) is 13. The number of carbonyl (C=O) groups excluding carboxylic acids is 5. The third kappa shape index (κ3) is 28.7. The lowest BCUT2D eigenvalue weighted by Gasteiger charge is -2.29. The third-order valence-corrected chi connectivity index (χ3v) is 11.6. The van der Waals surface area contributed by atoms with Gasteiger partial charge in [0.05, 0.1) is 73.7 Å². The number of aliphatic carboxylic acids is 1. The highest BCUT2D eigenvalue weighted by molar-refractivity contribution is 6.00. The number of carboxylic acid groups (broad SMARTS) is 1. The summed E-state index contributed by atoms with van der Waals surface area (Å²) >= 11 is 0. The number of hydrogen-bond donors (Lipinski definition) is 2. The maximum Gasteiger partial charge on any atom is 0.337 e. The van der Waals surface area contributed by atoms with Crippen LogP contribution in [0.1, 0.15) is 196 Å². The van der Waals surface area contributed by atoms with Gasteiger partial charge in [0.25, 0.3) is 0 Å². The van der Waals surface area contributed by atoms with Crippen LogP contribution in [0.3, 0.4) is 0 Å². The molecule has 0 spiro atoms. The van der Waals surface area contributed by atoms with Crippen LogP contribution in [0.4, 0.5) is 0 Å². The molecule has 14 heteroatoms. The van der Waals surface area contributed by atoms with Crippen LogP contribution >= 0.6 is 0 Å². The number of unbranched alkanes of at least 4 members (excludes halogenated alkanes) is 1. The Hall–Kier alpha value is -6.02. The first kappa shape index (κ1) is 71.2. The van der Waals surface area contributed by atoms with Crippen molar-refractivity contribution in [2.75, 3.05) is 41.2 Å². The summed E-state index contributed by atoms with van der Waals surface area (Å²) in [6.07, 6.45) is 7.74. The Morgan fingerprint density at radius 2 is 1.07 bits per heavy atom. The molecule has 3 atom stereocenters. The standard InChI is InChI=1S/C16H24O3.C14H20O2.C12H12O6.C10H20O2.C6H12O.CH4/c1-4-16(3,15(18)19-11-10-17)12-13(2)14-8-6-5-7-9-14;1-4-11(10-14(2,3)13(15)16)12-8-6-5-7-9-12;1-16-10(13)7-4-8(11(14)17-2)6-9(5-7)12(15)18-3;1-7-10(5,6)8(11)12-9(2,3)4;1-3-5-6-7-4-2;/h5-9,13,17H,4,10-12H2,1-3H3;5-9,11H,4,10H2,1-3H3,(H,15,16);4-6H,1-3H3;7H2,1-6H3;4H,2-3,5-6H2,1H3;1H4. The molecule has 73 heavy (non-hydrogen) atoms. The number of benzene rings is 3. The van der Waals surface area contributed by atoms with E-state index in [4.69, 9.17) is 24.4 Å². The average molecular weight is 1030 g/mol. The van der Waals surface area contributed by atoms with Gasteiger partial charge in [-0.15, -0.1) is 0 Å². The number of aliphatic hydroxyl groups is 1. The molecular weight excluding hydrogens is 933 g/mol. The van der Waals surface area contributed by atoms with Crippen molar-refractivity contribution in [2.24, 2.45) is 16.2 Å². The fourth-order valence-corrected chi connectivity index (χ4v) is 6.39. The van der Waals surface area contributed by atoms with Gasteiger partial charge in [-0.2, -0.15) is 0 Å². The van der Waals surface area contributed by atoms with Crippen molar-refractivity contribution >= 4 is 35.8 Å². The normalized spacial score (nSPS) is 12.2. The number of esters is 5. The predicted molar refractivity (Wildman–Crippen MR) is 290 cm³/mol. The second-order valence-electron chi connectivity index (χ2n) is 19.6. The quantitative estimate of drug-likeness (QED) is 0.0442. The fourth-order valence-electron chi connectivity index (χ4n) is 6.39. The summed E-state index contributed by atoms with van der Waals surface area (Å²) in [5.74, 6) is -2.41. The Morgan fingerprint density at radius 1 is 0.630 bits per heavy atom. The molecule has 14 nitrogen and oxygen atoms in total. The molecule has 0 aromatic heterocycles. The van der Waals surface area contributed by atoms with Crippen LogP contribution in [-0.2, 0) is 42.8 Å². The summed E-state index contributed by atoms with van der Waals surface area (Å²) in [6, 6.07) is 24.2. The van der Waals surface area contributed by atoms with Gasteiger partial charge in [0.1, 0.15) is 12.2 Å². The van der Waals surface area contributed by atoms with Gasteiger partial charge >= 0.3 is 35.8 Å². The Balaban J connectivity index is -0.000000862. The van der Waals surface area contributed by atoms with Gasteiger partial charge in [-0.25, -0.2) is 14.4 Å². The fraction of sp³-hybridized carbons (Fsp3) is 0.559. The number of carboxylic acids is 1. The molecule has 0 saturated heterocycles. The molecule has 0 aliphatic carbocycles. The SMILES string of the molecule is C.C=COCCCC.CCC(C)(C)C(=O)OC(C)(C)C.CCC(C)(CC(C)c1ccccc1)C(=O)OCCO.CCC(CC(C)(C)C(=O)O)c1ccccc1.COC(=O)c1cc(C(=O)OC)cc(C(=O)OC)c1. The van der Waals surface area contributed by atoms with Crippen LogP contribution in [0.2, 0.25) is 0 Å². The number of aliphatic hydroxyl groups excluding tert-OH is 1. The molecular formula is C59H92O14. The highest BCUT2D eigenvalue weighted by atomic mass is 16.6. The van der Waals surface area contributed by atoms with Gasteiger partial charge in [-0.1, -0.05) is 116 Å². The van der Waals surface area contributed by atoms with Crippen molar-refractivity contribution in [2.45, 2.75) is 160 Å². The molecule has 3 aromatic carbocycles. The Labute approximate surface area is 438 Å². The summed E-state index contributed by atoms with van der Waals surface area (Å²) < 4.78 is 28.8. The lowest BCUT2D eigenvalue weighted by atomic mass is 9.77. The first-order valence-electron chi connectivity index (χ1n) is 24.6. The van der Waals surface area contributed by atoms with E-state index in [9.17, 15) is 28.8 Å². The lowest BCUT2D eigenvalue weighted by molar-refractivity contribution is -0.165. The molecule has 0 saturated carbocycles. The van der Waals surface area contributed by atoms with Crippen LogP contribution in [0.5, 0.6) is 0 Å². The van der Waals surface area contributed by atoms with E-state index in [1.165, 1.54) is 63.3 Å². The van der Waals surface area contributed by atoms with Gasteiger partial charge in [-0.05, 0) is 135 Å². The van der Waals surface area contributed by atoms with E-state index < -0.39 is 34.7 Å². The van der Waals surface area contributed by atoms with E-state index in [2.05, 4.69) is 65.8 Å². The minimum Gasteiger partial charge on any atom is -0.502 e. The minimum atomic E-state index is -0.720. The monoisotopic (exact) mass is 1020 g/mol. The second kappa shape index (κ2) is 36.8. The van der Waals surface area contributed by atoms with E-state index in [0.29, 0.717) is 18.3 Å². The van der Waals surface area contributed by atoms with Gasteiger partial charge in [-0.3, -0.25) is 14.4 Å². The Bertz CT molecular complexity index is 1970. The molecule has 0 amide bonds. The first-order chi connectivity index (χ1) is 33.6. The molecule has 0 radical (unpaired) electrons. The van der Waals surface area contributed by atoms with Crippen molar-refractivity contribution in [3.8, 4) is 0 Å². The molecule has 2 N–H and O–H groups in total. The van der Waals surface area contributed by atoms with Crippen molar-refractivity contribution in [3.05, 3.63) is 120 Å². The number of ether oxygens (including phenoxy) is 6. The third-order valence-electron chi connectivity index (χ3n) is 11.6. The maximum atomic E-state index is 12.1. The zero-order valence-corrected chi connectivity index (χ0v) is 46.3. The van der Waals surface area contributed by atoms with Crippen LogP contribution in [0, 0.1) is 16.2 Å². The van der Waals surface area contributed by atoms with Crippen molar-refractivity contribution < 1.29 is 67.4 Å². The van der Waals surface area contributed by atoms with E-state index in [1.807, 2.05) is 91.8 Å². The highest BCUT2D eigenvalue weighted by Crippen LogP contribution is 2.36. The number of methoxy groups -OCH3 is 3. The van der Waals surface area contributed by atoms with Gasteiger partial charge < -0.3 is 38.6 Å². The zero-order chi connectivity index (χ0) is 55.7. The van der Waals surface area contributed by atoms with Crippen molar-refractivity contribution in [1.29, 1.82) is 0 Å². The molecule has 412 valence electrons. The van der Waals surface area contributed by atoms with Crippen LogP contribution < -0.4 is 0 Å². The molecule has 3 rings (SSSR count). The molecule has 3 unspecified atom stereocenters. The topological polar surface area (TPSA) is 198 Å². The number of rotatable bonds is 21.